The van der Waals surface area contributed by atoms with Crippen molar-refractivity contribution in [3.05, 3.63) is 63.7 Å². The molecule has 1 heterocycles. The predicted molar refractivity (Wildman–Crippen MR) is 105 cm³/mol. The van der Waals surface area contributed by atoms with Gasteiger partial charge in [-0.2, -0.15) is 4.31 Å². The van der Waals surface area contributed by atoms with Crippen LogP contribution in [0.25, 0.3) is 0 Å². The zero-order valence-corrected chi connectivity index (χ0v) is 16.2. The molecule has 3 rings (SSSR count). The van der Waals surface area contributed by atoms with Gasteiger partial charge in [-0.3, -0.25) is 14.9 Å². The number of rotatable bonds is 5. The molecule has 2 aromatic rings. The molecule has 0 radical (unpaired) electrons. The summed E-state index contributed by atoms with van der Waals surface area (Å²) in [6.45, 7) is 2.50. The minimum atomic E-state index is -3.65. The number of hydrogen-bond acceptors (Lipinski definition) is 5. The summed E-state index contributed by atoms with van der Waals surface area (Å²) in [7, 11) is -3.65. The minimum Gasteiger partial charge on any atom is -0.321 e. The van der Waals surface area contributed by atoms with Gasteiger partial charge < -0.3 is 5.32 Å². The van der Waals surface area contributed by atoms with Gasteiger partial charge in [-0.25, -0.2) is 8.42 Å². The van der Waals surface area contributed by atoms with E-state index in [-0.39, 0.29) is 16.1 Å². The molecule has 0 unspecified atom stereocenters. The highest BCUT2D eigenvalue weighted by atomic mass is 32.2. The molecule has 1 N–H and O–H groups in total. The lowest BCUT2D eigenvalue weighted by Crippen LogP contribution is -2.35. The lowest BCUT2D eigenvalue weighted by molar-refractivity contribution is -0.385. The molecule has 0 spiro atoms. The number of amides is 1. The van der Waals surface area contributed by atoms with E-state index in [4.69, 9.17) is 0 Å². The number of benzene rings is 2. The minimum absolute atomic E-state index is 0.0674. The third kappa shape index (κ3) is 4.05. The Morgan fingerprint density at radius 1 is 1.11 bits per heavy atom. The van der Waals surface area contributed by atoms with Crippen LogP contribution in [0.15, 0.2) is 47.4 Å². The van der Waals surface area contributed by atoms with E-state index in [9.17, 15) is 23.3 Å². The summed E-state index contributed by atoms with van der Waals surface area (Å²) in [5.74, 6) is -0.528. The van der Waals surface area contributed by atoms with Crippen LogP contribution in [0.4, 0.5) is 11.4 Å². The number of nitro benzene ring substituents is 1. The number of piperidine rings is 1. The summed E-state index contributed by atoms with van der Waals surface area (Å²) < 4.78 is 27.1. The standard InChI is InChI=1S/C19H21N3O5S/c1-14-17(9-6-10-18(14)22(24)25)20-19(23)15-7-5-8-16(13-15)28(26,27)21-11-3-2-4-12-21/h5-10,13H,2-4,11-12H2,1H3,(H,20,23). The Hall–Kier alpha value is -2.78. The maximum absolute atomic E-state index is 12.8. The molecular formula is C19H21N3O5S. The summed E-state index contributed by atoms with van der Waals surface area (Å²) in [4.78, 5) is 23.2. The second-order valence-electron chi connectivity index (χ2n) is 6.65. The zero-order valence-electron chi connectivity index (χ0n) is 15.4. The summed E-state index contributed by atoms with van der Waals surface area (Å²) in [6, 6.07) is 10.2. The number of nitro groups is 1. The molecule has 2 aromatic carbocycles. The highest BCUT2D eigenvalue weighted by Gasteiger charge is 2.26. The Morgan fingerprint density at radius 2 is 1.79 bits per heavy atom. The molecule has 148 valence electrons. The molecule has 1 fully saturated rings. The van der Waals surface area contributed by atoms with E-state index in [0.717, 1.165) is 19.3 Å². The van der Waals surface area contributed by atoms with Crippen LogP contribution in [0.1, 0.15) is 35.2 Å². The van der Waals surface area contributed by atoms with Gasteiger partial charge in [0.1, 0.15) is 0 Å². The fourth-order valence-corrected chi connectivity index (χ4v) is 4.77. The first-order chi connectivity index (χ1) is 13.3. The second kappa shape index (κ2) is 8.07. The molecule has 9 heteroatoms. The molecule has 1 saturated heterocycles. The number of carbonyl (C=O) groups is 1. The van der Waals surface area contributed by atoms with E-state index in [1.54, 1.807) is 13.0 Å². The maximum Gasteiger partial charge on any atom is 0.274 e. The monoisotopic (exact) mass is 403 g/mol. The van der Waals surface area contributed by atoms with Crippen LogP contribution in [-0.2, 0) is 10.0 Å². The summed E-state index contributed by atoms with van der Waals surface area (Å²) in [5.41, 5.74) is 0.713. The molecule has 0 aliphatic carbocycles. The number of anilines is 1. The molecule has 1 aliphatic rings. The molecule has 0 saturated carbocycles. The Labute approximate surface area is 163 Å². The predicted octanol–water partition coefficient (Wildman–Crippen LogP) is 3.33. The number of sulfonamides is 1. The topological polar surface area (TPSA) is 110 Å². The molecule has 0 aromatic heterocycles. The lowest BCUT2D eigenvalue weighted by atomic mass is 10.1. The normalized spacial score (nSPS) is 15.2. The third-order valence-electron chi connectivity index (χ3n) is 4.80. The van der Waals surface area contributed by atoms with Gasteiger partial charge in [0.25, 0.3) is 11.6 Å². The van der Waals surface area contributed by atoms with Crippen molar-refractivity contribution in [3.63, 3.8) is 0 Å². The number of hydrogen-bond donors (Lipinski definition) is 1. The van der Waals surface area contributed by atoms with Crippen molar-refractivity contribution < 1.29 is 18.1 Å². The molecule has 0 atom stereocenters. The van der Waals surface area contributed by atoms with Gasteiger partial charge in [0, 0.05) is 24.7 Å². The summed E-state index contributed by atoms with van der Waals surface area (Å²) in [6.07, 6.45) is 2.66. The molecule has 8 nitrogen and oxygen atoms in total. The second-order valence-corrected chi connectivity index (χ2v) is 8.59. The Kier molecular flexibility index (Phi) is 5.76. The number of carbonyl (C=O) groups excluding carboxylic acids is 1. The van der Waals surface area contributed by atoms with Crippen LogP contribution in [0.3, 0.4) is 0 Å². The largest absolute Gasteiger partial charge is 0.321 e. The van der Waals surface area contributed by atoms with Gasteiger partial charge in [-0.1, -0.05) is 18.6 Å². The Bertz CT molecular complexity index is 1010. The summed E-state index contributed by atoms with van der Waals surface area (Å²) >= 11 is 0. The first-order valence-corrected chi connectivity index (χ1v) is 10.4. The molecule has 1 aliphatic heterocycles. The van der Waals surface area contributed by atoms with E-state index >= 15 is 0 Å². The molecule has 0 bridgehead atoms. The summed E-state index contributed by atoms with van der Waals surface area (Å²) in [5, 5.41) is 13.7. The molecule has 1 amide bonds. The van der Waals surface area contributed by atoms with E-state index in [2.05, 4.69) is 5.32 Å². The van der Waals surface area contributed by atoms with Gasteiger partial charge in [0.05, 0.1) is 21.1 Å². The average Bonchev–Trinajstić information content (AvgIpc) is 2.70. The molecule has 28 heavy (non-hydrogen) atoms. The van der Waals surface area contributed by atoms with Gasteiger partial charge in [0.2, 0.25) is 10.0 Å². The first-order valence-electron chi connectivity index (χ1n) is 8.96. The Morgan fingerprint density at radius 3 is 2.46 bits per heavy atom. The van der Waals surface area contributed by atoms with Gasteiger partial charge in [-0.15, -0.1) is 0 Å². The van der Waals surface area contributed by atoms with Crippen LogP contribution >= 0.6 is 0 Å². The van der Waals surface area contributed by atoms with Crippen molar-refractivity contribution in [2.75, 3.05) is 18.4 Å². The van der Waals surface area contributed by atoms with Crippen LogP contribution in [0, 0.1) is 17.0 Å². The fraction of sp³-hybridized carbons (Fsp3) is 0.316. The lowest BCUT2D eigenvalue weighted by Gasteiger charge is -2.26. The van der Waals surface area contributed by atoms with Crippen molar-refractivity contribution in [1.82, 2.24) is 4.31 Å². The maximum atomic E-state index is 12.8. The highest BCUT2D eigenvalue weighted by Crippen LogP contribution is 2.26. The van der Waals surface area contributed by atoms with Gasteiger partial charge >= 0.3 is 0 Å². The first kappa shape index (κ1) is 20.0. The van der Waals surface area contributed by atoms with Crippen molar-refractivity contribution in [2.24, 2.45) is 0 Å². The zero-order chi connectivity index (χ0) is 20.3. The van der Waals surface area contributed by atoms with E-state index in [1.165, 1.54) is 40.7 Å². The molecular weight excluding hydrogens is 382 g/mol. The van der Waals surface area contributed by atoms with Crippen molar-refractivity contribution >= 4 is 27.3 Å². The van der Waals surface area contributed by atoms with E-state index in [1.807, 2.05) is 0 Å². The quantitative estimate of drug-likeness (QED) is 0.608. The average molecular weight is 403 g/mol. The van der Waals surface area contributed by atoms with Crippen LogP contribution in [0.2, 0.25) is 0 Å². The van der Waals surface area contributed by atoms with Crippen LogP contribution in [-0.4, -0.2) is 36.6 Å². The van der Waals surface area contributed by atoms with Crippen molar-refractivity contribution in [2.45, 2.75) is 31.1 Å². The SMILES string of the molecule is Cc1c(NC(=O)c2cccc(S(=O)(=O)N3CCCCC3)c2)cccc1[N+](=O)[O-]. The van der Waals surface area contributed by atoms with Crippen molar-refractivity contribution in [3.8, 4) is 0 Å². The van der Waals surface area contributed by atoms with Crippen LogP contribution < -0.4 is 5.32 Å². The number of nitrogens with one attached hydrogen (secondary N) is 1. The van der Waals surface area contributed by atoms with Crippen LogP contribution in [0.5, 0.6) is 0 Å². The highest BCUT2D eigenvalue weighted by molar-refractivity contribution is 7.89. The smallest absolute Gasteiger partial charge is 0.274 e. The van der Waals surface area contributed by atoms with Crippen molar-refractivity contribution in [1.29, 1.82) is 0 Å². The number of nitrogens with zero attached hydrogens (tertiary/aromatic N) is 2. The van der Waals surface area contributed by atoms with Gasteiger partial charge in [0.15, 0.2) is 0 Å². The fourth-order valence-electron chi connectivity index (χ4n) is 3.20. The Balaban J connectivity index is 1.85. The van der Waals surface area contributed by atoms with Gasteiger partial charge in [-0.05, 0) is 44.0 Å². The third-order valence-corrected chi connectivity index (χ3v) is 6.69. The van der Waals surface area contributed by atoms with E-state index < -0.39 is 20.9 Å². The van der Waals surface area contributed by atoms with E-state index in [0.29, 0.717) is 24.3 Å².